The van der Waals surface area contributed by atoms with E-state index in [0.717, 1.165) is 0 Å². The zero-order chi connectivity index (χ0) is 2.71. The molecule has 2 heteroatoms. The van der Waals surface area contributed by atoms with Crippen molar-refractivity contribution in [2.24, 2.45) is 0 Å². The minimum Gasteiger partial charge on any atom is -0.252 e. The fourth-order valence-corrected chi connectivity index (χ4v) is 0. The van der Waals surface area contributed by atoms with Crippen molar-refractivity contribution in [1.29, 1.82) is 0 Å². The molecule has 1 N–H and O–H groups in total. The normalized spacial score (nSPS) is 1.75. The first-order valence-corrected chi connectivity index (χ1v) is 0.539. The van der Waals surface area contributed by atoms with E-state index in [1.165, 1.54) is 6.04 Å². The van der Waals surface area contributed by atoms with Gasteiger partial charge in [0, 0.05) is 26.3 Å². The molecule has 0 saturated carbocycles. The summed E-state index contributed by atoms with van der Waals surface area (Å²) in [5, 5.41) is 0. The van der Waals surface area contributed by atoms with Crippen molar-refractivity contribution in [2.75, 3.05) is 0 Å². The van der Waals surface area contributed by atoms with Crippen LogP contribution >= 0.6 is 0 Å². The molecular formula is C2H6AlN. The Kier molecular flexibility index (Phi) is 29.6. The third kappa shape index (κ3) is 130. The molecule has 0 fully saturated rings. The molecule has 0 aliphatic rings. The van der Waals surface area contributed by atoms with E-state index in [9.17, 15) is 0 Å². The van der Waals surface area contributed by atoms with Crippen molar-refractivity contribution >= 4 is 17.4 Å². The Bertz CT molecular complexity index is 33.0. The van der Waals surface area contributed by atoms with Gasteiger partial charge in [-0.25, -0.2) is 0 Å². The average molecular weight is 71.1 g/mol. The second-order valence-corrected chi connectivity index (χ2v) is 0.144. The van der Waals surface area contributed by atoms with E-state index in [-0.39, 0.29) is 20.2 Å². The molecule has 4 radical (unpaired) electrons. The summed E-state index contributed by atoms with van der Waals surface area (Å²) in [6, 6.07) is 1.50. The molecule has 0 unspecified atom stereocenters. The van der Waals surface area contributed by atoms with Gasteiger partial charge in [0.2, 0.25) is 0 Å². The van der Waals surface area contributed by atoms with Crippen LogP contribution in [0.5, 0.6) is 0 Å². The van der Waals surface area contributed by atoms with Crippen LogP contribution in [0, 0.1) is 12.5 Å². The van der Waals surface area contributed by atoms with E-state index in [1.807, 2.05) is 0 Å². The Morgan fingerprint density at radius 2 is 2.00 bits per heavy atom. The smallest absolute Gasteiger partial charge is 0.0220 e. The molecule has 0 aromatic rings. The Morgan fingerprint density at radius 3 is 2.00 bits per heavy atom. The predicted molar refractivity (Wildman–Crippen MR) is 21.9 cm³/mol. The first-order chi connectivity index (χ1) is 1.41. The number of rotatable bonds is 0. The molecule has 0 aliphatic carbocycles. The lowest BCUT2D eigenvalue weighted by Gasteiger charge is -1.26. The molecule has 0 amide bonds. The van der Waals surface area contributed by atoms with E-state index in [4.69, 9.17) is 5.73 Å². The highest BCUT2D eigenvalue weighted by Crippen LogP contribution is 1.01. The molecule has 1 nitrogen and oxygen atoms in total. The van der Waals surface area contributed by atoms with Gasteiger partial charge >= 0.3 is 0 Å². The van der Waals surface area contributed by atoms with Crippen LogP contribution < -0.4 is 5.73 Å². The molecule has 0 atom stereocenters. The Labute approximate surface area is 39.3 Å². The molecular weight excluding hydrogens is 65.0 g/mol. The third-order valence-corrected chi connectivity index (χ3v) is 0. The zero-order valence-electron chi connectivity index (χ0n) is 2.15. The molecule has 0 saturated heterocycles. The first kappa shape index (κ1) is 9.09. The lowest BCUT2D eigenvalue weighted by molar-refractivity contribution is 1.65. The van der Waals surface area contributed by atoms with Gasteiger partial charge in [0.1, 0.15) is 0 Å². The van der Waals surface area contributed by atoms with Gasteiger partial charge in [-0.2, -0.15) is 0 Å². The number of hydrogen-bond donors (Lipinski definition) is 0. The topological polar surface area (TPSA) is 23.8 Å². The fourth-order valence-electron chi connectivity index (χ4n) is 0. The summed E-state index contributed by atoms with van der Waals surface area (Å²) in [5.74, 6) is 0. The highest BCUT2D eigenvalue weighted by molar-refractivity contribution is 5.75. The number of hydrogen-bond acceptors (Lipinski definition) is 0. The van der Waals surface area contributed by atoms with E-state index in [0.29, 0.717) is 0 Å². The summed E-state index contributed by atoms with van der Waals surface area (Å²) in [6.07, 6.45) is 4.26. The van der Waals surface area contributed by atoms with Crippen molar-refractivity contribution < 1.29 is 2.85 Å². The minimum absolute atomic E-state index is 0. The maximum Gasteiger partial charge on any atom is 0.0220 e. The van der Waals surface area contributed by atoms with E-state index in [1.54, 1.807) is 0 Å². The van der Waals surface area contributed by atoms with Crippen LogP contribution in [0.1, 0.15) is 2.85 Å². The van der Waals surface area contributed by atoms with Crippen molar-refractivity contribution in [3.63, 3.8) is 0 Å². The maximum atomic E-state index is 5.74. The molecule has 0 heterocycles. The van der Waals surface area contributed by atoms with Crippen LogP contribution in [0.25, 0.3) is 0 Å². The van der Waals surface area contributed by atoms with E-state index >= 15 is 0 Å². The van der Waals surface area contributed by atoms with Crippen molar-refractivity contribution in [3.05, 3.63) is 0 Å². The van der Waals surface area contributed by atoms with Crippen LogP contribution in [0.2, 0.25) is 0 Å². The molecule has 0 rings (SSSR count). The molecule has 22 valence electrons. The van der Waals surface area contributed by atoms with Crippen molar-refractivity contribution in [3.8, 4) is 12.5 Å². The first-order valence-electron chi connectivity index (χ1n) is 0.539. The molecule has 0 spiro atoms. The van der Waals surface area contributed by atoms with Gasteiger partial charge in [0.05, 0.1) is 0 Å². The predicted octanol–water partition coefficient (Wildman–Crippen LogP) is -0.0288. The Morgan fingerprint density at radius 1 is 2.00 bits per heavy atom. The zero-order valence-corrected chi connectivity index (χ0v) is 3.31. The number of nitrogens with one attached hydrogen (secondary N) is 1. The monoisotopic (exact) mass is 71.0 g/mol. The standard InChI is InChI=1S/C2H2N.Al.2H2/c1-2-3;;;/h1,3H;;2*1H. The summed E-state index contributed by atoms with van der Waals surface area (Å²) >= 11 is 0. The van der Waals surface area contributed by atoms with Gasteiger partial charge in [-0.1, -0.05) is 6.42 Å². The Balaban J connectivity index is -0.00000000667. The van der Waals surface area contributed by atoms with Crippen LogP contribution in [0.4, 0.5) is 0 Å². The quantitative estimate of drug-likeness (QED) is 0.283. The molecule has 0 aromatic carbocycles. The van der Waals surface area contributed by atoms with Gasteiger partial charge in [0.25, 0.3) is 0 Å². The summed E-state index contributed by atoms with van der Waals surface area (Å²) < 4.78 is 0. The van der Waals surface area contributed by atoms with Gasteiger partial charge in [-0.05, 0) is 0 Å². The number of terminal acetylenes is 1. The van der Waals surface area contributed by atoms with E-state index in [2.05, 4.69) is 6.42 Å². The SMILES string of the molecule is C#C[NH].[Al].[HH].[HH]. The molecule has 0 aliphatic heterocycles. The van der Waals surface area contributed by atoms with Crippen molar-refractivity contribution in [1.82, 2.24) is 5.73 Å². The van der Waals surface area contributed by atoms with Gasteiger partial charge in [-0.15, -0.1) is 0 Å². The average Bonchev–Trinajstić information content (AvgIpc) is 0.918. The van der Waals surface area contributed by atoms with Crippen LogP contribution in [-0.2, 0) is 0 Å². The summed E-state index contributed by atoms with van der Waals surface area (Å²) in [7, 11) is 0. The summed E-state index contributed by atoms with van der Waals surface area (Å²) in [4.78, 5) is 0. The van der Waals surface area contributed by atoms with Crippen molar-refractivity contribution in [2.45, 2.75) is 0 Å². The lowest BCUT2D eigenvalue weighted by Crippen LogP contribution is -1.37. The molecule has 4 heavy (non-hydrogen) atoms. The van der Waals surface area contributed by atoms with Crippen LogP contribution in [0.3, 0.4) is 0 Å². The largest absolute Gasteiger partial charge is 0.252 e. The Hall–Kier alpha value is -0.108. The van der Waals surface area contributed by atoms with Gasteiger partial charge in [0.15, 0.2) is 0 Å². The second kappa shape index (κ2) is 13.0. The second-order valence-electron chi connectivity index (χ2n) is 0.144. The van der Waals surface area contributed by atoms with E-state index < -0.39 is 0 Å². The highest BCUT2D eigenvalue weighted by Gasteiger charge is 1.07. The summed E-state index contributed by atoms with van der Waals surface area (Å²) in [5.41, 5.74) is 5.74. The van der Waals surface area contributed by atoms with Gasteiger partial charge in [-0.3, -0.25) is 5.73 Å². The molecule has 0 aromatic heterocycles. The lowest BCUT2D eigenvalue weighted by atomic mass is 11.2. The minimum atomic E-state index is 0. The fraction of sp³-hybridized carbons (Fsp3) is 0. The van der Waals surface area contributed by atoms with Gasteiger partial charge < -0.3 is 0 Å². The molecule has 0 bridgehead atoms. The highest BCUT2D eigenvalue weighted by atomic mass is 27.0. The van der Waals surface area contributed by atoms with Crippen LogP contribution in [0.15, 0.2) is 0 Å². The van der Waals surface area contributed by atoms with Crippen LogP contribution in [-0.4, -0.2) is 17.4 Å². The maximum absolute atomic E-state index is 5.74. The summed E-state index contributed by atoms with van der Waals surface area (Å²) in [6.45, 7) is 0. The third-order valence-electron chi connectivity index (χ3n) is 0.